The van der Waals surface area contributed by atoms with Crippen LogP contribution in [0.3, 0.4) is 0 Å². The maximum Gasteiger partial charge on any atom is 0.265 e. The molecule has 0 atom stereocenters. The summed E-state index contributed by atoms with van der Waals surface area (Å²) in [6, 6.07) is 10.4. The number of ether oxygens (including phenoxy) is 1. The van der Waals surface area contributed by atoms with Crippen LogP contribution >= 0.6 is 51.3 Å². The van der Waals surface area contributed by atoms with Crippen LogP contribution < -0.4 is 10.1 Å². The number of hydrogen-bond donors (Lipinski definition) is 1. The van der Waals surface area contributed by atoms with Gasteiger partial charge in [-0.25, -0.2) is 0 Å². The van der Waals surface area contributed by atoms with Crippen LogP contribution in [0, 0.1) is 0 Å². The second kappa shape index (κ2) is 9.75. The molecule has 0 saturated carbocycles. The minimum absolute atomic E-state index is 0.0464. The highest BCUT2D eigenvalue weighted by Crippen LogP contribution is 2.29. The van der Waals surface area contributed by atoms with Crippen LogP contribution in [0.25, 0.3) is 6.08 Å². The van der Waals surface area contributed by atoms with E-state index in [1.165, 1.54) is 17.1 Å². The summed E-state index contributed by atoms with van der Waals surface area (Å²) in [6.07, 6.45) is 3.00. The van der Waals surface area contributed by atoms with Gasteiger partial charge in [0.25, 0.3) is 11.8 Å². The normalized spacial score (nSPS) is 15.4. The van der Waals surface area contributed by atoms with Gasteiger partial charge in [-0.05, 0) is 48.6 Å². The first-order valence-electron chi connectivity index (χ1n) is 8.66. The van der Waals surface area contributed by atoms with Gasteiger partial charge in [0, 0.05) is 32.2 Å². The highest BCUT2D eigenvalue weighted by atomic mass is 79.9. The van der Waals surface area contributed by atoms with Crippen molar-refractivity contribution in [2.45, 2.75) is 6.61 Å². The average Bonchev–Trinajstić information content (AvgIpc) is 2.69. The quantitative estimate of drug-likeness (QED) is 0.245. The first kappa shape index (κ1) is 22.5. The van der Waals surface area contributed by atoms with Crippen molar-refractivity contribution in [3.63, 3.8) is 0 Å². The topological polar surface area (TPSA) is 58.6 Å². The number of nitrogens with zero attached hydrogens (tertiary/aromatic N) is 1. The molecule has 0 unspecified atom stereocenters. The zero-order valence-corrected chi connectivity index (χ0v) is 19.4. The third-order valence-electron chi connectivity index (χ3n) is 4.17. The van der Waals surface area contributed by atoms with E-state index in [0.29, 0.717) is 21.4 Å². The Labute approximate surface area is 197 Å². The lowest BCUT2D eigenvalue weighted by atomic mass is 10.1. The maximum atomic E-state index is 12.8. The van der Waals surface area contributed by atoms with Crippen molar-refractivity contribution < 1.29 is 14.3 Å². The van der Waals surface area contributed by atoms with E-state index in [1.807, 2.05) is 0 Å². The van der Waals surface area contributed by atoms with Crippen molar-refractivity contribution in [1.29, 1.82) is 0 Å². The van der Waals surface area contributed by atoms with E-state index in [0.717, 1.165) is 10.0 Å². The Balaban J connectivity index is 1.92. The molecule has 0 bridgehead atoms. The number of thiocarbonyl (C=S) groups is 1. The Morgan fingerprint density at radius 3 is 2.67 bits per heavy atom. The van der Waals surface area contributed by atoms with Crippen LogP contribution in [-0.2, 0) is 16.2 Å². The number of carbonyl (C=O) groups excluding carboxylic acids is 2. The molecule has 9 heteroatoms. The molecule has 154 valence electrons. The lowest BCUT2D eigenvalue weighted by Crippen LogP contribution is -2.53. The van der Waals surface area contributed by atoms with Gasteiger partial charge in [-0.1, -0.05) is 51.3 Å². The minimum atomic E-state index is -0.572. The first-order chi connectivity index (χ1) is 14.3. The molecule has 1 aliphatic heterocycles. The molecule has 1 N–H and O–H groups in total. The Kier molecular flexibility index (Phi) is 7.31. The second-order valence-corrected chi connectivity index (χ2v) is 8.37. The summed E-state index contributed by atoms with van der Waals surface area (Å²) < 4.78 is 6.67. The molecular weight excluding hydrogens is 511 g/mol. The van der Waals surface area contributed by atoms with Gasteiger partial charge in [0.2, 0.25) is 0 Å². The predicted octanol–water partition coefficient (Wildman–Crippen LogP) is 5.15. The molecule has 0 aromatic heterocycles. The van der Waals surface area contributed by atoms with Crippen molar-refractivity contribution in [2.75, 3.05) is 6.54 Å². The van der Waals surface area contributed by atoms with Gasteiger partial charge < -0.3 is 4.74 Å². The van der Waals surface area contributed by atoms with Gasteiger partial charge in [-0.15, -0.1) is 6.58 Å². The molecule has 1 heterocycles. The van der Waals surface area contributed by atoms with Gasteiger partial charge >= 0.3 is 0 Å². The molecule has 0 spiro atoms. The Hall–Kier alpha value is -2.19. The fraction of sp³-hybridized carbons (Fsp3) is 0.0952. The zero-order chi connectivity index (χ0) is 21.8. The van der Waals surface area contributed by atoms with Crippen LogP contribution in [0.15, 0.2) is 59.1 Å². The van der Waals surface area contributed by atoms with E-state index in [1.54, 1.807) is 36.4 Å². The Bertz CT molecular complexity index is 1090. The molecule has 30 heavy (non-hydrogen) atoms. The largest absolute Gasteiger partial charge is 0.488 e. The lowest BCUT2D eigenvalue weighted by molar-refractivity contribution is -0.128. The molecule has 1 saturated heterocycles. The van der Waals surface area contributed by atoms with E-state index in [4.69, 9.17) is 40.2 Å². The van der Waals surface area contributed by atoms with E-state index in [2.05, 4.69) is 27.8 Å². The van der Waals surface area contributed by atoms with Gasteiger partial charge in [-0.3, -0.25) is 19.8 Å². The molecule has 1 aliphatic rings. The summed E-state index contributed by atoms with van der Waals surface area (Å²) in [6.45, 7) is 3.98. The number of amides is 2. The minimum Gasteiger partial charge on any atom is -0.488 e. The molecule has 2 aromatic rings. The van der Waals surface area contributed by atoms with E-state index < -0.39 is 11.8 Å². The molecular formula is C21H15BrCl2N2O3S. The van der Waals surface area contributed by atoms with Crippen molar-refractivity contribution in [3.8, 4) is 5.75 Å². The van der Waals surface area contributed by atoms with Gasteiger partial charge in [-0.2, -0.15) is 0 Å². The van der Waals surface area contributed by atoms with Crippen molar-refractivity contribution in [3.05, 3.63) is 80.3 Å². The number of halogens is 3. The number of carbonyl (C=O) groups is 2. The van der Waals surface area contributed by atoms with Crippen LogP contribution in [0.2, 0.25) is 10.0 Å². The molecule has 0 radical (unpaired) electrons. The summed E-state index contributed by atoms with van der Waals surface area (Å²) in [5.41, 5.74) is 1.23. The fourth-order valence-electron chi connectivity index (χ4n) is 2.70. The third-order valence-corrected chi connectivity index (χ3v) is 5.57. The van der Waals surface area contributed by atoms with Crippen LogP contribution in [0.1, 0.15) is 11.1 Å². The highest BCUT2D eigenvalue weighted by Gasteiger charge is 2.32. The van der Waals surface area contributed by atoms with Crippen LogP contribution in [0.5, 0.6) is 5.75 Å². The summed E-state index contributed by atoms with van der Waals surface area (Å²) in [5, 5.41) is 3.58. The van der Waals surface area contributed by atoms with Crippen molar-refractivity contribution in [1.82, 2.24) is 10.2 Å². The number of benzene rings is 2. The molecule has 2 amide bonds. The number of nitrogens with one attached hydrogen (secondary N) is 1. The van der Waals surface area contributed by atoms with Gasteiger partial charge in [0.05, 0.1) is 0 Å². The number of rotatable bonds is 6. The van der Waals surface area contributed by atoms with Crippen molar-refractivity contribution in [2.24, 2.45) is 0 Å². The Morgan fingerprint density at radius 2 is 1.97 bits per heavy atom. The first-order valence-corrected chi connectivity index (χ1v) is 10.6. The maximum absolute atomic E-state index is 12.8. The zero-order valence-electron chi connectivity index (χ0n) is 15.5. The van der Waals surface area contributed by atoms with Gasteiger partial charge in [0.1, 0.15) is 17.9 Å². The smallest absolute Gasteiger partial charge is 0.265 e. The summed E-state index contributed by atoms with van der Waals surface area (Å²) >= 11 is 20.6. The van der Waals surface area contributed by atoms with Gasteiger partial charge in [0.15, 0.2) is 5.11 Å². The molecule has 2 aromatic carbocycles. The van der Waals surface area contributed by atoms with Crippen LogP contribution in [0.4, 0.5) is 0 Å². The summed E-state index contributed by atoms with van der Waals surface area (Å²) in [7, 11) is 0. The second-order valence-electron chi connectivity index (χ2n) is 6.23. The SMILES string of the molecule is C=CCN1C(=O)/C(=C/c2cc(Br)ccc2OCc2ccc(Cl)cc2Cl)C(=O)NC1=S. The van der Waals surface area contributed by atoms with Crippen LogP contribution in [-0.4, -0.2) is 28.4 Å². The van der Waals surface area contributed by atoms with E-state index in [-0.39, 0.29) is 23.8 Å². The predicted molar refractivity (Wildman–Crippen MR) is 126 cm³/mol. The lowest BCUT2D eigenvalue weighted by Gasteiger charge is -2.27. The molecule has 5 nitrogen and oxygen atoms in total. The molecule has 1 fully saturated rings. The molecule has 3 rings (SSSR count). The monoisotopic (exact) mass is 524 g/mol. The molecule has 0 aliphatic carbocycles. The Morgan fingerprint density at radius 1 is 1.20 bits per heavy atom. The summed E-state index contributed by atoms with van der Waals surface area (Å²) in [4.78, 5) is 26.4. The number of hydrogen-bond acceptors (Lipinski definition) is 4. The average molecular weight is 526 g/mol. The standard InChI is InChI=1S/C21H15BrCl2N2O3S/c1-2-7-26-20(28)16(19(27)25-21(26)30)9-13-8-14(22)4-6-18(13)29-11-12-3-5-15(23)10-17(12)24/h2-6,8-10H,1,7,11H2,(H,25,27,30)/b16-9+. The van der Waals surface area contributed by atoms with E-state index >= 15 is 0 Å². The summed E-state index contributed by atoms with van der Waals surface area (Å²) in [5.74, 6) is -0.604. The highest BCUT2D eigenvalue weighted by molar-refractivity contribution is 9.10. The third kappa shape index (κ3) is 5.10. The van der Waals surface area contributed by atoms with Crippen molar-refractivity contribution >= 4 is 74.4 Å². The van der Waals surface area contributed by atoms with E-state index in [9.17, 15) is 9.59 Å². The fourth-order valence-corrected chi connectivity index (χ4v) is 3.79.